The summed E-state index contributed by atoms with van der Waals surface area (Å²) in [5, 5.41) is 0. The van der Waals surface area contributed by atoms with E-state index in [1.54, 1.807) is 0 Å². The lowest BCUT2D eigenvalue weighted by atomic mass is 10.2. The second-order valence-corrected chi connectivity index (χ2v) is 3.02. The Morgan fingerprint density at radius 2 is 2.30 bits per heavy atom. The Balaban J connectivity index is 2.65. The molecule has 0 saturated heterocycles. The molecule has 0 aliphatic heterocycles. The van der Waals surface area contributed by atoms with Crippen LogP contribution in [-0.4, -0.2) is 9.55 Å². The van der Waals surface area contributed by atoms with Gasteiger partial charge in [0, 0.05) is 18.9 Å². The van der Waals surface area contributed by atoms with Crippen molar-refractivity contribution >= 4 is 0 Å². The minimum Gasteiger partial charge on any atom is -0.335 e. The van der Waals surface area contributed by atoms with Crippen molar-refractivity contribution in [2.24, 2.45) is 5.92 Å². The van der Waals surface area contributed by atoms with E-state index in [0.29, 0.717) is 5.92 Å². The van der Waals surface area contributed by atoms with Crippen LogP contribution in [0.1, 0.15) is 19.7 Å². The average molecular weight is 138 g/mol. The van der Waals surface area contributed by atoms with E-state index in [-0.39, 0.29) is 0 Å². The highest BCUT2D eigenvalue weighted by molar-refractivity contribution is 4.88. The number of imidazole rings is 1. The highest BCUT2D eigenvalue weighted by Gasteiger charge is 1.97. The van der Waals surface area contributed by atoms with Gasteiger partial charge in [-0.05, 0) is 12.8 Å². The van der Waals surface area contributed by atoms with Gasteiger partial charge in [0.15, 0.2) is 0 Å². The summed E-state index contributed by atoms with van der Waals surface area (Å²) in [6.07, 6.45) is 3.87. The normalized spacial score (nSPS) is 10.8. The van der Waals surface area contributed by atoms with E-state index in [1.807, 2.05) is 19.3 Å². The molecule has 0 unspecified atom stereocenters. The van der Waals surface area contributed by atoms with Gasteiger partial charge in [-0.3, -0.25) is 0 Å². The van der Waals surface area contributed by atoms with Crippen LogP contribution >= 0.6 is 0 Å². The molecule has 0 aromatic carbocycles. The maximum absolute atomic E-state index is 4.13. The van der Waals surface area contributed by atoms with E-state index in [1.165, 1.54) is 0 Å². The van der Waals surface area contributed by atoms with Crippen LogP contribution < -0.4 is 0 Å². The minimum absolute atomic E-state index is 0.702. The van der Waals surface area contributed by atoms with Crippen LogP contribution in [0.15, 0.2) is 12.4 Å². The molecule has 2 nitrogen and oxygen atoms in total. The molecule has 1 aromatic rings. The lowest BCUT2D eigenvalue weighted by Crippen LogP contribution is -2.04. The molecule has 0 amide bonds. The molecule has 0 aliphatic rings. The van der Waals surface area contributed by atoms with Crippen LogP contribution in [0.2, 0.25) is 0 Å². The summed E-state index contributed by atoms with van der Waals surface area (Å²) in [4.78, 5) is 4.13. The molecular formula is C8H14N2. The molecule has 0 spiro atoms. The SMILES string of the molecule is Cc1nccn1CC(C)C. The zero-order valence-electron chi connectivity index (χ0n) is 6.83. The van der Waals surface area contributed by atoms with Crippen molar-refractivity contribution in [2.45, 2.75) is 27.3 Å². The Bertz CT molecular complexity index is 201. The summed E-state index contributed by atoms with van der Waals surface area (Å²) in [5.74, 6) is 1.81. The van der Waals surface area contributed by atoms with Gasteiger partial charge in [-0.15, -0.1) is 0 Å². The Labute approximate surface area is 61.9 Å². The van der Waals surface area contributed by atoms with Gasteiger partial charge >= 0.3 is 0 Å². The van der Waals surface area contributed by atoms with Crippen molar-refractivity contribution in [3.63, 3.8) is 0 Å². The Kier molecular flexibility index (Phi) is 2.10. The fourth-order valence-electron chi connectivity index (χ4n) is 0.990. The number of aromatic nitrogens is 2. The van der Waals surface area contributed by atoms with Gasteiger partial charge in [0.1, 0.15) is 5.82 Å². The van der Waals surface area contributed by atoms with Crippen LogP contribution in [0, 0.1) is 12.8 Å². The van der Waals surface area contributed by atoms with Crippen molar-refractivity contribution in [3.05, 3.63) is 18.2 Å². The molecule has 1 aromatic heterocycles. The Morgan fingerprint density at radius 3 is 2.70 bits per heavy atom. The molecule has 0 fully saturated rings. The van der Waals surface area contributed by atoms with E-state index < -0.39 is 0 Å². The zero-order chi connectivity index (χ0) is 7.56. The third kappa shape index (κ3) is 1.59. The lowest BCUT2D eigenvalue weighted by Gasteiger charge is -2.06. The van der Waals surface area contributed by atoms with Crippen LogP contribution in [0.5, 0.6) is 0 Å². The van der Waals surface area contributed by atoms with E-state index in [0.717, 1.165) is 12.4 Å². The predicted molar refractivity (Wildman–Crippen MR) is 41.8 cm³/mol. The molecule has 0 N–H and O–H groups in total. The average Bonchev–Trinajstić information content (AvgIpc) is 2.15. The van der Waals surface area contributed by atoms with Gasteiger partial charge in [0.05, 0.1) is 0 Å². The lowest BCUT2D eigenvalue weighted by molar-refractivity contribution is 0.514. The quantitative estimate of drug-likeness (QED) is 0.609. The number of nitrogens with zero attached hydrogens (tertiary/aromatic N) is 2. The molecule has 0 radical (unpaired) electrons. The van der Waals surface area contributed by atoms with Crippen LogP contribution in [0.3, 0.4) is 0 Å². The summed E-state index contributed by atoms with van der Waals surface area (Å²) in [5.41, 5.74) is 0. The maximum atomic E-state index is 4.13. The summed E-state index contributed by atoms with van der Waals surface area (Å²) in [7, 11) is 0. The first-order chi connectivity index (χ1) is 4.70. The standard InChI is InChI=1S/C8H14N2/c1-7(2)6-10-5-4-9-8(10)3/h4-5,7H,6H2,1-3H3. The smallest absolute Gasteiger partial charge is 0.105 e. The van der Waals surface area contributed by atoms with Crippen molar-refractivity contribution < 1.29 is 0 Å². The number of aryl methyl sites for hydroxylation is 1. The Hall–Kier alpha value is -0.790. The van der Waals surface area contributed by atoms with Crippen molar-refractivity contribution in [2.75, 3.05) is 0 Å². The third-order valence-electron chi connectivity index (χ3n) is 1.49. The first-order valence-corrected chi connectivity index (χ1v) is 3.68. The van der Waals surface area contributed by atoms with Crippen molar-refractivity contribution in [3.8, 4) is 0 Å². The highest BCUT2D eigenvalue weighted by Crippen LogP contribution is 2.01. The van der Waals surface area contributed by atoms with Gasteiger partial charge in [-0.2, -0.15) is 0 Å². The fraction of sp³-hybridized carbons (Fsp3) is 0.625. The van der Waals surface area contributed by atoms with Gasteiger partial charge in [-0.25, -0.2) is 4.98 Å². The van der Waals surface area contributed by atoms with E-state index in [2.05, 4.69) is 23.4 Å². The summed E-state index contributed by atoms with van der Waals surface area (Å²) in [6.45, 7) is 7.52. The highest BCUT2D eigenvalue weighted by atomic mass is 15.0. The van der Waals surface area contributed by atoms with Gasteiger partial charge in [0.25, 0.3) is 0 Å². The third-order valence-corrected chi connectivity index (χ3v) is 1.49. The Morgan fingerprint density at radius 1 is 1.60 bits per heavy atom. The molecule has 56 valence electrons. The van der Waals surface area contributed by atoms with Gasteiger partial charge in [-0.1, -0.05) is 13.8 Å². The predicted octanol–water partition coefficient (Wildman–Crippen LogP) is 1.85. The van der Waals surface area contributed by atoms with E-state index in [4.69, 9.17) is 0 Å². The largest absolute Gasteiger partial charge is 0.335 e. The molecule has 0 saturated carbocycles. The van der Waals surface area contributed by atoms with Crippen molar-refractivity contribution in [1.82, 2.24) is 9.55 Å². The number of rotatable bonds is 2. The van der Waals surface area contributed by atoms with E-state index >= 15 is 0 Å². The topological polar surface area (TPSA) is 17.8 Å². The van der Waals surface area contributed by atoms with Crippen LogP contribution in [0.4, 0.5) is 0 Å². The zero-order valence-corrected chi connectivity index (χ0v) is 6.83. The maximum Gasteiger partial charge on any atom is 0.105 e. The molecule has 1 heterocycles. The van der Waals surface area contributed by atoms with Crippen LogP contribution in [0.25, 0.3) is 0 Å². The number of hydrogen-bond donors (Lipinski definition) is 0. The first-order valence-electron chi connectivity index (χ1n) is 3.68. The monoisotopic (exact) mass is 138 g/mol. The summed E-state index contributed by atoms with van der Waals surface area (Å²) in [6, 6.07) is 0. The first kappa shape index (κ1) is 7.32. The fourth-order valence-corrected chi connectivity index (χ4v) is 0.990. The van der Waals surface area contributed by atoms with Gasteiger partial charge < -0.3 is 4.57 Å². The van der Waals surface area contributed by atoms with Gasteiger partial charge in [0.2, 0.25) is 0 Å². The molecule has 10 heavy (non-hydrogen) atoms. The molecule has 1 rings (SSSR count). The van der Waals surface area contributed by atoms with Crippen molar-refractivity contribution in [1.29, 1.82) is 0 Å². The van der Waals surface area contributed by atoms with E-state index in [9.17, 15) is 0 Å². The second-order valence-electron chi connectivity index (χ2n) is 3.02. The molecule has 0 atom stereocenters. The summed E-state index contributed by atoms with van der Waals surface area (Å²) < 4.78 is 2.17. The molecule has 2 heteroatoms. The minimum atomic E-state index is 0.702. The van der Waals surface area contributed by atoms with Crippen LogP contribution in [-0.2, 0) is 6.54 Å². The molecular weight excluding hydrogens is 124 g/mol. The molecule has 0 bridgehead atoms. The number of hydrogen-bond acceptors (Lipinski definition) is 1. The molecule has 0 aliphatic carbocycles. The second kappa shape index (κ2) is 2.86. The summed E-state index contributed by atoms with van der Waals surface area (Å²) >= 11 is 0.